The number of hydrogen-bond donors (Lipinski definition) is 7. The van der Waals surface area contributed by atoms with Gasteiger partial charge in [0.2, 0.25) is 6.29 Å². The van der Waals surface area contributed by atoms with Crippen LogP contribution < -0.4 is 9.47 Å². The van der Waals surface area contributed by atoms with Crippen molar-refractivity contribution in [2.24, 2.45) is 0 Å². The van der Waals surface area contributed by atoms with Gasteiger partial charge in [-0.2, -0.15) is 0 Å². The van der Waals surface area contributed by atoms with Crippen LogP contribution in [-0.4, -0.2) is 123 Å². The molecule has 1 aromatic rings. The predicted octanol–water partition coefficient (Wildman–Crippen LogP) is -3.10. The van der Waals surface area contributed by atoms with Crippen LogP contribution in [0, 0.1) is 0 Å². The fourth-order valence-electron chi connectivity index (χ4n) is 3.74. The molecular weight excluding hydrogens is 460 g/mol. The lowest BCUT2D eigenvalue weighted by Gasteiger charge is -2.45. The van der Waals surface area contributed by atoms with Gasteiger partial charge in [-0.15, -0.1) is 0 Å². The third-order valence-corrected chi connectivity index (χ3v) is 5.78. The van der Waals surface area contributed by atoms with Gasteiger partial charge in [-0.25, -0.2) is 0 Å². The summed E-state index contributed by atoms with van der Waals surface area (Å²) in [5, 5.41) is 70.1. The number of hydrogen-bond acceptors (Lipinski definition) is 13. The molecule has 2 fully saturated rings. The van der Waals surface area contributed by atoms with Gasteiger partial charge < -0.3 is 59.4 Å². The van der Waals surface area contributed by atoms with E-state index in [-0.39, 0.29) is 17.3 Å². The lowest BCUT2D eigenvalue weighted by molar-refractivity contribution is -0.357. The molecule has 1 aromatic carbocycles. The molecule has 2 aliphatic heterocycles. The molecule has 34 heavy (non-hydrogen) atoms. The van der Waals surface area contributed by atoms with E-state index in [1.54, 1.807) is 0 Å². The molecule has 10 atom stereocenters. The molecule has 0 aliphatic carbocycles. The van der Waals surface area contributed by atoms with Gasteiger partial charge in [0, 0.05) is 5.56 Å². The molecule has 2 heterocycles. The Morgan fingerprint density at radius 3 is 2.00 bits per heavy atom. The van der Waals surface area contributed by atoms with Gasteiger partial charge in [-0.3, -0.25) is 4.79 Å². The highest BCUT2D eigenvalue weighted by Crippen LogP contribution is 2.34. The number of ketones is 1. The summed E-state index contributed by atoms with van der Waals surface area (Å²) >= 11 is 0. The Morgan fingerprint density at radius 2 is 1.44 bits per heavy atom. The van der Waals surface area contributed by atoms with Crippen LogP contribution in [0.3, 0.4) is 0 Å². The standard InChI is InChI=1S/C21H30O13/c1-8(24)9-3-4-10(11(5-9)30-2)31-21-19(17(28)15(26)13(7-23)33-21)34-20-18(29)16(27)14(25)12(6-22)32-20/h3-5,12-23,25-29H,6-7H2,1-2H3/t12-,13-,14-,15-,16+,17+,18-,19-,20+,21-/m1/s1. The number of Topliss-reactive ketones (excluding diaryl/α,β-unsaturated/α-hetero) is 1. The molecule has 13 nitrogen and oxygen atoms in total. The maximum absolute atomic E-state index is 11.7. The number of methoxy groups -OCH3 is 1. The van der Waals surface area contributed by atoms with E-state index in [4.69, 9.17) is 23.7 Å². The molecule has 0 amide bonds. The Bertz CT molecular complexity index is 833. The van der Waals surface area contributed by atoms with Crippen LogP contribution in [0.4, 0.5) is 0 Å². The maximum Gasteiger partial charge on any atom is 0.229 e. The highest BCUT2D eigenvalue weighted by atomic mass is 16.8. The molecule has 0 unspecified atom stereocenters. The minimum atomic E-state index is -1.79. The molecule has 0 saturated carbocycles. The zero-order valence-electron chi connectivity index (χ0n) is 18.5. The molecule has 13 heteroatoms. The van der Waals surface area contributed by atoms with Crippen LogP contribution in [0.5, 0.6) is 11.5 Å². The lowest BCUT2D eigenvalue weighted by Crippen LogP contribution is -2.65. The zero-order valence-corrected chi connectivity index (χ0v) is 18.5. The topological polar surface area (TPSA) is 205 Å². The van der Waals surface area contributed by atoms with Gasteiger partial charge in [-0.1, -0.05) is 0 Å². The molecular formula is C21H30O13. The second-order valence-corrected chi connectivity index (χ2v) is 8.04. The maximum atomic E-state index is 11.7. The van der Waals surface area contributed by atoms with E-state index in [9.17, 15) is 40.5 Å². The van der Waals surface area contributed by atoms with Crippen LogP contribution in [0.2, 0.25) is 0 Å². The van der Waals surface area contributed by atoms with Gasteiger partial charge in [0.15, 0.2) is 29.7 Å². The van der Waals surface area contributed by atoms with E-state index in [0.29, 0.717) is 5.56 Å². The zero-order chi connectivity index (χ0) is 25.2. The number of aliphatic hydroxyl groups is 7. The summed E-state index contributed by atoms with van der Waals surface area (Å²) in [5.41, 5.74) is 0.339. The smallest absolute Gasteiger partial charge is 0.229 e. The summed E-state index contributed by atoms with van der Waals surface area (Å²) in [5.74, 6) is -0.00860. The van der Waals surface area contributed by atoms with Crippen LogP contribution in [0.25, 0.3) is 0 Å². The molecule has 7 N–H and O–H groups in total. The van der Waals surface area contributed by atoms with E-state index >= 15 is 0 Å². The largest absolute Gasteiger partial charge is 0.493 e. The Labute approximate surface area is 194 Å². The first-order chi connectivity index (χ1) is 16.1. The number of benzene rings is 1. The minimum absolute atomic E-state index is 0.0696. The van der Waals surface area contributed by atoms with Crippen molar-refractivity contribution in [2.75, 3.05) is 20.3 Å². The Hall–Kier alpha value is -1.91. The second kappa shape index (κ2) is 11.2. The third kappa shape index (κ3) is 5.33. The molecule has 3 rings (SSSR count). The van der Waals surface area contributed by atoms with E-state index in [0.717, 1.165) is 0 Å². The number of aliphatic hydroxyl groups excluding tert-OH is 7. The predicted molar refractivity (Wildman–Crippen MR) is 110 cm³/mol. The van der Waals surface area contributed by atoms with Crippen molar-refractivity contribution >= 4 is 5.78 Å². The molecule has 0 aromatic heterocycles. The number of rotatable bonds is 8. The second-order valence-electron chi connectivity index (χ2n) is 8.04. The summed E-state index contributed by atoms with van der Waals surface area (Å²) in [6.45, 7) is -0.0118. The van der Waals surface area contributed by atoms with Crippen molar-refractivity contribution in [1.29, 1.82) is 0 Å². The van der Waals surface area contributed by atoms with Crippen molar-refractivity contribution in [1.82, 2.24) is 0 Å². The number of ether oxygens (including phenoxy) is 5. The van der Waals surface area contributed by atoms with Crippen LogP contribution in [0.1, 0.15) is 17.3 Å². The van der Waals surface area contributed by atoms with E-state index in [1.807, 2.05) is 0 Å². The lowest BCUT2D eigenvalue weighted by atomic mass is 9.97. The summed E-state index contributed by atoms with van der Waals surface area (Å²) in [7, 11) is 1.34. The van der Waals surface area contributed by atoms with E-state index in [2.05, 4.69) is 0 Å². The number of carbonyl (C=O) groups is 1. The Balaban J connectivity index is 1.88. The average molecular weight is 490 g/mol. The fourth-order valence-corrected chi connectivity index (χ4v) is 3.74. The third-order valence-electron chi connectivity index (χ3n) is 5.78. The fraction of sp³-hybridized carbons (Fsp3) is 0.667. The van der Waals surface area contributed by atoms with Gasteiger partial charge in [0.25, 0.3) is 0 Å². The van der Waals surface area contributed by atoms with E-state index < -0.39 is 74.6 Å². The highest BCUT2D eigenvalue weighted by Gasteiger charge is 2.51. The summed E-state index contributed by atoms with van der Waals surface area (Å²) in [6, 6.07) is 4.29. The Morgan fingerprint density at radius 1 is 0.853 bits per heavy atom. The van der Waals surface area contributed by atoms with Crippen molar-refractivity contribution in [3.05, 3.63) is 23.8 Å². The molecule has 0 bridgehead atoms. The minimum Gasteiger partial charge on any atom is -0.493 e. The van der Waals surface area contributed by atoms with Gasteiger partial charge in [0.1, 0.15) is 42.7 Å². The Kier molecular flexibility index (Phi) is 8.81. The van der Waals surface area contributed by atoms with Crippen LogP contribution in [0.15, 0.2) is 18.2 Å². The molecule has 192 valence electrons. The van der Waals surface area contributed by atoms with Crippen molar-refractivity contribution in [2.45, 2.75) is 68.3 Å². The normalized spacial score (nSPS) is 38.4. The first kappa shape index (κ1) is 26.7. The van der Waals surface area contributed by atoms with Crippen LogP contribution >= 0.6 is 0 Å². The van der Waals surface area contributed by atoms with Crippen molar-refractivity contribution in [3.8, 4) is 11.5 Å². The first-order valence-electron chi connectivity index (χ1n) is 10.6. The molecule has 2 aliphatic rings. The summed E-state index contributed by atoms with van der Waals surface area (Å²) < 4.78 is 27.5. The van der Waals surface area contributed by atoms with Crippen LogP contribution in [-0.2, 0) is 14.2 Å². The van der Waals surface area contributed by atoms with E-state index in [1.165, 1.54) is 32.2 Å². The average Bonchev–Trinajstić information content (AvgIpc) is 2.83. The van der Waals surface area contributed by atoms with Gasteiger partial charge in [0.05, 0.1) is 20.3 Å². The molecule has 2 saturated heterocycles. The molecule has 0 radical (unpaired) electrons. The van der Waals surface area contributed by atoms with Crippen molar-refractivity contribution < 1.29 is 64.2 Å². The first-order valence-corrected chi connectivity index (χ1v) is 10.6. The highest BCUT2D eigenvalue weighted by molar-refractivity contribution is 5.94. The number of carbonyl (C=O) groups excluding carboxylic acids is 1. The molecule has 0 spiro atoms. The summed E-state index contributed by atoms with van der Waals surface area (Å²) in [6.07, 6.45) is -15.8. The monoisotopic (exact) mass is 490 g/mol. The quantitative estimate of drug-likeness (QED) is 0.181. The van der Waals surface area contributed by atoms with Crippen molar-refractivity contribution in [3.63, 3.8) is 0 Å². The SMILES string of the molecule is COc1cc(C(C)=O)ccc1O[C@@H]1O[C@H](CO)[C@@H](O)[C@H](O)[C@H]1O[C@@H]1O[C@H](CO)[C@@H](O)[C@H](O)[C@H]1O. The summed E-state index contributed by atoms with van der Waals surface area (Å²) in [4.78, 5) is 11.7. The van der Waals surface area contributed by atoms with Gasteiger partial charge in [-0.05, 0) is 25.1 Å². The van der Waals surface area contributed by atoms with Gasteiger partial charge >= 0.3 is 0 Å².